The number of rotatable bonds is 8. The topological polar surface area (TPSA) is 95.5 Å². The van der Waals surface area contributed by atoms with Gasteiger partial charge in [-0.1, -0.05) is 31.2 Å². The lowest BCUT2D eigenvalue weighted by Gasteiger charge is -2.15. The number of benzene rings is 1. The summed E-state index contributed by atoms with van der Waals surface area (Å²) in [7, 11) is -3.51. The first-order valence-electron chi connectivity index (χ1n) is 6.62. The van der Waals surface area contributed by atoms with E-state index in [1.54, 1.807) is 31.2 Å². The number of nitrogens with one attached hydrogen (secondary N) is 2. The molecule has 7 heteroatoms. The van der Waals surface area contributed by atoms with Gasteiger partial charge in [-0.05, 0) is 30.5 Å². The average Bonchev–Trinajstić information content (AvgIpc) is 2.43. The molecule has 0 saturated carbocycles. The Kier molecular flexibility index (Phi) is 6.54. The molecule has 0 aliphatic carbocycles. The van der Waals surface area contributed by atoms with Crippen molar-refractivity contribution in [2.24, 2.45) is 0 Å². The van der Waals surface area contributed by atoms with Crippen molar-refractivity contribution < 1.29 is 18.3 Å². The van der Waals surface area contributed by atoms with E-state index in [1.165, 1.54) is 6.08 Å². The molecule has 1 aromatic carbocycles. The van der Waals surface area contributed by atoms with Gasteiger partial charge in [-0.2, -0.15) is 13.1 Å². The van der Waals surface area contributed by atoms with Crippen molar-refractivity contribution in [3.63, 3.8) is 0 Å². The first-order valence-corrected chi connectivity index (χ1v) is 8.10. The van der Waals surface area contributed by atoms with Crippen LogP contribution < -0.4 is 9.44 Å². The van der Waals surface area contributed by atoms with Crippen LogP contribution in [0.4, 0.5) is 0 Å². The highest BCUT2D eigenvalue weighted by molar-refractivity contribution is 7.87. The highest BCUT2D eigenvalue weighted by Gasteiger charge is 2.14. The van der Waals surface area contributed by atoms with Crippen LogP contribution >= 0.6 is 0 Å². The van der Waals surface area contributed by atoms with E-state index in [-0.39, 0.29) is 6.04 Å². The zero-order chi connectivity index (χ0) is 15.9. The molecule has 1 aromatic rings. The molecule has 0 fully saturated rings. The summed E-state index contributed by atoms with van der Waals surface area (Å²) in [6.45, 7) is 4.02. The highest BCUT2D eigenvalue weighted by atomic mass is 32.2. The number of aliphatic carboxylic acids is 1. The van der Waals surface area contributed by atoms with E-state index >= 15 is 0 Å². The van der Waals surface area contributed by atoms with E-state index in [0.29, 0.717) is 6.54 Å². The summed E-state index contributed by atoms with van der Waals surface area (Å²) in [6.07, 6.45) is 3.25. The van der Waals surface area contributed by atoms with E-state index in [4.69, 9.17) is 5.11 Å². The van der Waals surface area contributed by atoms with Crippen molar-refractivity contribution in [2.75, 3.05) is 6.54 Å². The van der Waals surface area contributed by atoms with Crippen molar-refractivity contribution in [1.29, 1.82) is 0 Å². The van der Waals surface area contributed by atoms with Crippen LogP contribution in [-0.2, 0) is 15.0 Å². The second-order valence-electron chi connectivity index (χ2n) is 4.58. The zero-order valence-electron chi connectivity index (χ0n) is 12.0. The molecule has 0 radical (unpaired) electrons. The fourth-order valence-electron chi connectivity index (χ4n) is 1.64. The van der Waals surface area contributed by atoms with E-state index in [9.17, 15) is 13.2 Å². The number of carboxylic acids is 1. The molecule has 0 spiro atoms. The molecule has 0 aromatic heterocycles. The summed E-state index contributed by atoms with van der Waals surface area (Å²) in [5.41, 5.74) is 1.53. The second kappa shape index (κ2) is 7.92. The van der Waals surface area contributed by atoms with Crippen molar-refractivity contribution in [2.45, 2.75) is 26.3 Å². The van der Waals surface area contributed by atoms with Crippen LogP contribution in [0.2, 0.25) is 0 Å². The van der Waals surface area contributed by atoms with Crippen molar-refractivity contribution in [3.8, 4) is 0 Å². The summed E-state index contributed by atoms with van der Waals surface area (Å²) in [5, 5.41) is 8.55. The summed E-state index contributed by atoms with van der Waals surface area (Å²) >= 11 is 0. The molecule has 0 amide bonds. The van der Waals surface area contributed by atoms with Crippen LogP contribution in [-0.4, -0.2) is 26.0 Å². The maximum atomic E-state index is 11.7. The van der Waals surface area contributed by atoms with Crippen LogP contribution in [0, 0.1) is 0 Å². The molecule has 0 heterocycles. The van der Waals surface area contributed by atoms with E-state index in [2.05, 4.69) is 9.44 Å². The van der Waals surface area contributed by atoms with Gasteiger partial charge < -0.3 is 5.11 Å². The van der Waals surface area contributed by atoms with E-state index in [0.717, 1.165) is 23.6 Å². The summed E-state index contributed by atoms with van der Waals surface area (Å²) in [6, 6.07) is 6.61. The summed E-state index contributed by atoms with van der Waals surface area (Å²) in [4.78, 5) is 10.4. The number of carboxylic acid groups (broad SMARTS) is 1. The molecule has 0 saturated heterocycles. The maximum absolute atomic E-state index is 11.7. The molecular formula is C14H20N2O4S. The molecule has 1 rings (SSSR count). The Hall–Kier alpha value is -1.70. The van der Waals surface area contributed by atoms with Crippen LogP contribution in [0.15, 0.2) is 30.3 Å². The number of hydrogen-bond donors (Lipinski definition) is 3. The second-order valence-corrected chi connectivity index (χ2v) is 6.11. The van der Waals surface area contributed by atoms with Gasteiger partial charge in [0.1, 0.15) is 0 Å². The SMILES string of the molecule is CCCNS(=O)(=O)NC(C)c1ccc(/C=C/C(=O)O)cc1. The lowest BCUT2D eigenvalue weighted by atomic mass is 10.1. The zero-order valence-corrected chi connectivity index (χ0v) is 12.9. The largest absolute Gasteiger partial charge is 0.478 e. The van der Waals surface area contributed by atoms with Gasteiger partial charge in [0.2, 0.25) is 0 Å². The van der Waals surface area contributed by atoms with Crippen molar-refractivity contribution >= 4 is 22.3 Å². The van der Waals surface area contributed by atoms with Crippen molar-refractivity contribution in [3.05, 3.63) is 41.5 Å². The maximum Gasteiger partial charge on any atom is 0.328 e. The fourth-order valence-corrected chi connectivity index (χ4v) is 2.80. The van der Waals surface area contributed by atoms with E-state index < -0.39 is 16.2 Å². The smallest absolute Gasteiger partial charge is 0.328 e. The minimum absolute atomic E-state index is 0.378. The van der Waals surface area contributed by atoms with Crippen LogP contribution in [0.25, 0.3) is 6.08 Å². The number of carbonyl (C=O) groups is 1. The first-order chi connectivity index (χ1) is 9.84. The van der Waals surface area contributed by atoms with E-state index in [1.807, 2.05) is 6.92 Å². The molecule has 0 aliphatic heterocycles. The molecule has 21 heavy (non-hydrogen) atoms. The van der Waals surface area contributed by atoms with Gasteiger partial charge >= 0.3 is 5.97 Å². The molecule has 1 atom stereocenters. The van der Waals surface area contributed by atoms with Gasteiger partial charge in [0, 0.05) is 18.7 Å². The third kappa shape index (κ3) is 6.52. The predicted molar refractivity (Wildman–Crippen MR) is 81.9 cm³/mol. The Morgan fingerprint density at radius 2 is 1.95 bits per heavy atom. The minimum atomic E-state index is -3.51. The first kappa shape index (κ1) is 17.4. The Morgan fingerprint density at radius 3 is 2.48 bits per heavy atom. The fraction of sp³-hybridized carbons (Fsp3) is 0.357. The Labute approximate surface area is 125 Å². The van der Waals surface area contributed by atoms with Crippen molar-refractivity contribution in [1.82, 2.24) is 9.44 Å². The molecule has 0 aliphatic rings. The Bertz CT molecular complexity index is 594. The number of hydrogen-bond acceptors (Lipinski definition) is 3. The lowest BCUT2D eigenvalue weighted by molar-refractivity contribution is -0.131. The summed E-state index contributed by atoms with van der Waals surface area (Å²) < 4.78 is 28.4. The van der Waals surface area contributed by atoms with Gasteiger partial charge in [0.15, 0.2) is 0 Å². The minimum Gasteiger partial charge on any atom is -0.478 e. The Balaban J connectivity index is 2.71. The monoisotopic (exact) mass is 312 g/mol. The molecule has 116 valence electrons. The summed E-state index contributed by atoms with van der Waals surface area (Å²) in [5.74, 6) is -1.01. The molecular weight excluding hydrogens is 292 g/mol. The van der Waals surface area contributed by atoms with Gasteiger partial charge in [0.05, 0.1) is 0 Å². The van der Waals surface area contributed by atoms with Gasteiger partial charge in [-0.15, -0.1) is 0 Å². The standard InChI is InChI=1S/C14H20N2O4S/c1-3-10-15-21(19,20)16-11(2)13-7-4-12(5-8-13)6-9-14(17)18/h4-9,11,15-16H,3,10H2,1-2H3,(H,17,18)/b9-6+. The van der Waals surface area contributed by atoms with Crippen LogP contribution in [0.1, 0.15) is 37.4 Å². The molecule has 1 unspecified atom stereocenters. The quantitative estimate of drug-likeness (QED) is 0.636. The van der Waals surface area contributed by atoms with Gasteiger partial charge in [0.25, 0.3) is 10.2 Å². The molecule has 0 bridgehead atoms. The normalized spacial score (nSPS) is 13.4. The van der Waals surface area contributed by atoms with Gasteiger partial charge in [-0.3, -0.25) is 0 Å². The van der Waals surface area contributed by atoms with Crippen LogP contribution in [0.5, 0.6) is 0 Å². The molecule has 3 N–H and O–H groups in total. The average molecular weight is 312 g/mol. The van der Waals surface area contributed by atoms with Gasteiger partial charge in [-0.25, -0.2) is 9.52 Å². The highest BCUT2D eigenvalue weighted by Crippen LogP contribution is 2.14. The Morgan fingerprint density at radius 1 is 1.33 bits per heavy atom. The lowest BCUT2D eigenvalue weighted by Crippen LogP contribution is -2.38. The third-order valence-corrected chi connectivity index (χ3v) is 3.98. The third-order valence-electron chi connectivity index (χ3n) is 2.73. The predicted octanol–water partition coefficient (Wildman–Crippen LogP) is 1.68. The molecule has 6 nitrogen and oxygen atoms in total. The van der Waals surface area contributed by atoms with Crippen LogP contribution in [0.3, 0.4) is 0 Å².